The number of hydrogen-bond donors (Lipinski definition) is 1. The minimum absolute atomic E-state index is 0.0132. The van der Waals surface area contributed by atoms with Crippen LogP contribution in [0.2, 0.25) is 0 Å². The molecule has 10 unspecified atom stereocenters. The monoisotopic (exact) mass is 1530 g/mol. The lowest BCUT2D eigenvalue weighted by Crippen LogP contribution is -2.48. The van der Waals surface area contributed by atoms with E-state index < -0.39 is 107 Å². The average molecular weight is 1540 g/mol. The Labute approximate surface area is 648 Å². The molecule has 0 spiro atoms. The maximum Gasteiger partial charge on any atom is 0.475 e. The molecule has 0 amide bonds. The molecule has 2 fully saturated rings. The molecule has 0 bridgehead atoms. The molecular weight excluding hydrogens is 1440 g/mol. The topological polar surface area (TPSA) is 185 Å². The SMILES string of the molecule is O=P(OCc1ccccc1)(OCC(OCc1ccccc1)C(OCc1ccccc1)C(CO[C@@H]1O[C@H](COCc2ccccc2)[C@H](OCc2ccccc2)C1F)OCc1ccccc1)OC1C(F)[C@H](OCC(OCc2ccccc2)C(OCc2ccccc2)C(CO)OCc2ccccc2)O[C@@H]1COCc1ccccc1. The first-order valence-electron chi connectivity index (χ1n) is 37.5. The zero-order valence-electron chi connectivity index (χ0n) is 61.9. The van der Waals surface area contributed by atoms with Crippen molar-refractivity contribution in [2.75, 3.05) is 39.6 Å². The van der Waals surface area contributed by atoms with Crippen LogP contribution in [-0.4, -0.2) is 131 Å². The summed E-state index contributed by atoms with van der Waals surface area (Å²) >= 11 is 0. The number of phosphoric acid groups is 1. The van der Waals surface area contributed by atoms with Crippen LogP contribution in [0.4, 0.5) is 8.78 Å². The van der Waals surface area contributed by atoms with Crippen LogP contribution >= 0.6 is 7.82 Å². The molecule has 0 saturated carbocycles. The molecule has 584 valence electrons. The number of aliphatic hydroxyl groups is 1. The minimum atomic E-state index is -5.11. The number of rotatable bonds is 48. The van der Waals surface area contributed by atoms with Crippen LogP contribution in [0.5, 0.6) is 0 Å². The Morgan fingerprint density at radius 2 is 0.577 bits per heavy atom. The number of alkyl halides is 2. The van der Waals surface area contributed by atoms with Crippen LogP contribution in [-0.2, 0) is 146 Å². The van der Waals surface area contributed by atoms with Crippen molar-refractivity contribution in [3.63, 3.8) is 0 Å². The highest BCUT2D eigenvalue weighted by Crippen LogP contribution is 2.54. The number of benzene rings is 10. The molecule has 10 aromatic carbocycles. The summed E-state index contributed by atoms with van der Waals surface area (Å²) in [6, 6.07) is 94.3. The van der Waals surface area contributed by atoms with Crippen molar-refractivity contribution in [2.24, 2.45) is 0 Å². The van der Waals surface area contributed by atoms with Crippen LogP contribution in [0.1, 0.15) is 55.6 Å². The van der Waals surface area contributed by atoms with E-state index in [1.54, 1.807) is 24.3 Å². The molecule has 2 aliphatic rings. The zero-order chi connectivity index (χ0) is 76.3. The molecule has 111 heavy (non-hydrogen) atoms. The Morgan fingerprint density at radius 3 is 0.919 bits per heavy atom. The summed E-state index contributed by atoms with van der Waals surface area (Å²) in [5.74, 6) is 0. The average Bonchev–Trinajstić information content (AvgIpc) is 1.67. The Balaban J connectivity index is 0.857. The summed E-state index contributed by atoms with van der Waals surface area (Å²) in [6.45, 7) is -1.84. The van der Waals surface area contributed by atoms with Gasteiger partial charge in [-0.3, -0.25) is 13.6 Å². The van der Waals surface area contributed by atoms with Gasteiger partial charge in [0.25, 0.3) is 0 Å². The predicted molar refractivity (Wildman–Crippen MR) is 413 cm³/mol. The highest BCUT2D eigenvalue weighted by Gasteiger charge is 2.53. The van der Waals surface area contributed by atoms with E-state index in [0.29, 0.717) is 5.56 Å². The lowest BCUT2D eigenvalue weighted by atomic mass is 10.1. The first-order valence-corrected chi connectivity index (χ1v) is 39.0. The van der Waals surface area contributed by atoms with Crippen molar-refractivity contribution in [2.45, 2.75) is 152 Å². The quantitative estimate of drug-likeness (QED) is 0.0355. The normalized spacial score (nSPS) is 20.6. The Bertz CT molecular complexity index is 4190. The molecular formula is C90H97F2O18P. The fourth-order valence-electron chi connectivity index (χ4n) is 12.8. The second-order valence-corrected chi connectivity index (χ2v) is 28.6. The summed E-state index contributed by atoms with van der Waals surface area (Å²) in [5.41, 5.74) is 7.98. The standard InChI is InChI=1S/C90H97F2O18P/c91-83-87(103-60-75-47-27-9-28-48-75)81(62-95-52-67-31-11-1-12-32-67)108-89(83)104-65-79(99-56-71-39-19-5-20-40-71)86(102-59-74-45-25-8-26-46-74)80(100-57-72-41-21-6-22-42-72)66-107-111(94,106-61-76-49-29-10-30-50-76)110-88-82(63-96-53-68-33-13-2-14-34-68)109-90(84(88)92)105-64-78(98-55-70-37-17-4-18-38-70)85(101-58-73-43-23-7-24-44-73)77(51-93)97-54-69-35-15-3-16-36-69/h1-50,77-90,93H,51-66H2/t77?,78?,79?,80?,81-,82-,83?,84?,85?,86?,87+,88?,89-,90-,111?/m1/s1. The molecule has 21 heteroatoms. The number of ether oxygens (including phenoxy) is 13. The Kier molecular flexibility index (Phi) is 33.1. The van der Waals surface area contributed by atoms with Crippen LogP contribution in [0.15, 0.2) is 303 Å². The summed E-state index contributed by atoms with van der Waals surface area (Å²) in [6.07, 6.45) is -19.1. The molecule has 15 atom stereocenters. The molecule has 0 aliphatic carbocycles. The summed E-state index contributed by atoms with van der Waals surface area (Å²) in [5, 5.41) is 11.2. The first kappa shape index (κ1) is 82.1. The van der Waals surface area contributed by atoms with Gasteiger partial charge in [0, 0.05) is 0 Å². The lowest BCUT2D eigenvalue weighted by Gasteiger charge is -2.35. The van der Waals surface area contributed by atoms with E-state index in [4.69, 9.17) is 75.2 Å². The minimum Gasteiger partial charge on any atom is -0.394 e. The van der Waals surface area contributed by atoms with Gasteiger partial charge in [-0.15, -0.1) is 0 Å². The molecule has 2 aliphatic heterocycles. The molecule has 0 aromatic heterocycles. The van der Waals surface area contributed by atoms with E-state index in [1.165, 1.54) is 0 Å². The lowest BCUT2D eigenvalue weighted by molar-refractivity contribution is -0.212. The molecule has 2 heterocycles. The molecule has 12 rings (SSSR count). The fraction of sp³-hybridized carbons (Fsp3) is 0.333. The van der Waals surface area contributed by atoms with Gasteiger partial charge >= 0.3 is 7.82 Å². The van der Waals surface area contributed by atoms with Crippen LogP contribution in [0.25, 0.3) is 0 Å². The third kappa shape index (κ3) is 26.3. The van der Waals surface area contributed by atoms with Crippen molar-refractivity contribution >= 4 is 7.82 Å². The first-order chi connectivity index (χ1) is 54.7. The molecule has 2 saturated heterocycles. The fourth-order valence-corrected chi connectivity index (χ4v) is 14.1. The van der Waals surface area contributed by atoms with Crippen molar-refractivity contribution in [3.8, 4) is 0 Å². The van der Waals surface area contributed by atoms with Crippen molar-refractivity contribution < 1.29 is 93.6 Å². The Morgan fingerprint density at radius 1 is 0.306 bits per heavy atom. The van der Waals surface area contributed by atoms with Crippen molar-refractivity contribution in [1.82, 2.24) is 0 Å². The van der Waals surface area contributed by atoms with E-state index in [0.717, 1.165) is 50.1 Å². The van der Waals surface area contributed by atoms with Gasteiger partial charge in [-0.1, -0.05) is 303 Å². The summed E-state index contributed by atoms with van der Waals surface area (Å²) in [7, 11) is -5.11. The number of hydrogen-bond acceptors (Lipinski definition) is 18. The summed E-state index contributed by atoms with van der Waals surface area (Å²) in [4.78, 5) is 0. The molecule has 0 radical (unpaired) electrons. The van der Waals surface area contributed by atoms with Crippen LogP contribution < -0.4 is 0 Å². The second kappa shape index (κ2) is 44.7. The van der Waals surface area contributed by atoms with Gasteiger partial charge in [-0.2, -0.15) is 0 Å². The van der Waals surface area contributed by atoms with Gasteiger partial charge in [0.1, 0.15) is 61.0 Å². The Hall–Kier alpha value is -8.39. The zero-order valence-corrected chi connectivity index (χ0v) is 62.7. The molecule has 18 nitrogen and oxygen atoms in total. The van der Waals surface area contributed by atoms with Crippen molar-refractivity contribution in [3.05, 3.63) is 359 Å². The van der Waals surface area contributed by atoms with Gasteiger partial charge < -0.3 is 66.7 Å². The third-order valence-electron chi connectivity index (χ3n) is 18.7. The third-order valence-corrected chi connectivity index (χ3v) is 20.2. The number of phosphoric ester groups is 1. The highest BCUT2D eigenvalue weighted by molar-refractivity contribution is 7.48. The van der Waals surface area contributed by atoms with Gasteiger partial charge in [0.15, 0.2) is 24.9 Å². The smallest absolute Gasteiger partial charge is 0.394 e. The van der Waals surface area contributed by atoms with Crippen LogP contribution in [0, 0.1) is 0 Å². The van der Waals surface area contributed by atoms with E-state index in [1.807, 2.05) is 279 Å². The molecule has 10 aromatic rings. The van der Waals surface area contributed by atoms with E-state index in [2.05, 4.69) is 0 Å². The van der Waals surface area contributed by atoms with E-state index in [-0.39, 0.29) is 92.5 Å². The van der Waals surface area contributed by atoms with Crippen LogP contribution in [0.3, 0.4) is 0 Å². The van der Waals surface area contributed by atoms with Gasteiger partial charge in [0.2, 0.25) is 0 Å². The van der Waals surface area contributed by atoms with E-state index >= 15 is 13.3 Å². The van der Waals surface area contributed by atoms with Gasteiger partial charge in [-0.05, 0) is 55.6 Å². The second-order valence-electron chi connectivity index (χ2n) is 27.0. The van der Waals surface area contributed by atoms with Crippen molar-refractivity contribution in [1.29, 1.82) is 0 Å². The summed E-state index contributed by atoms with van der Waals surface area (Å²) < 4.78 is 158. The van der Waals surface area contributed by atoms with E-state index in [9.17, 15) is 5.11 Å². The van der Waals surface area contributed by atoms with Gasteiger partial charge in [-0.25, -0.2) is 13.3 Å². The maximum absolute atomic E-state index is 18.4. The number of aliphatic hydroxyl groups excluding tert-OH is 1. The van der Waals surface area contributed by atoms with Gasteiger partial charge in [0.05, 0.1) is 106 Å². The highest BCUT2D eigenvalue weighted by atomic mass is 31.2. The predicted octanol–water partition coefficient (Wildman–Crippen LogP) is 16.4. The largest absolute Gasteiger partial charge is 0.475 e. The number of halogens is 2. The maximum atomic E-state index is 18.4. The molecule has 1 N–H and O–H groups in total.